The maximum Gasteiger partial charge on any atom is 0.277 e. The zero-order valence-corrected chi connectivity index (χ0v) is 8.00. The van der Waals surface area contributed by atoms with Gasteiger partial charge in [0, 0.05) is 5.69 Å². The van der Waals surface area contributed by atoms with Gasteiger partial charge in [-0.25, -0.2) is 4.98 Å². The molecule has 2 rings (SSSR count). The van der Waals surface area contributed by atoms with Crippen LogP contribution in [0.5, 0.6) is 0 Å². The van der Waals surface area contributed by atoms with E-state index in [2.05, 4.69) is 9.97 Å². The van der Waals surface area contributed by atoms with Crippen LogP contribution in [0.15, 0.2) is 27.6 Å². The number of aryl methyl sites for hydroxylation is 2. The first kappa shape index (κ1) is 8.74. The van der Waals surface area contributed by atoms with Crippen molar-refractivity contribution in [2.24, 2.45) is 0 Å². The van der Waals surface area contributed by atoms with Crippen molar-refractivity contribution >= 4 is 0 Å². The summed E-state index contributed by atoms with van der Waals surface area (Å²) in [6, 6.07) is 3.44. The Labute approximate surface area is 80.6 Å². The fourth-order valence-electron chi connectivity index (χ4n) is 1.20. The molecule has 0 amide bonds. The van der Waals surface area contributed by atoms with Gasteiger partial charge in [-0.3, -0.25) is 4.79 Å². The molecule has 2 aromatic heterocycles. The van der Waals surface area contributed by atoms with Gasteiger partial charge in [-0.1, -0.05) is 0 Å². The zero-order valence-electron chi connectivity index (χ0n) is 8.00. The van der Waals surface area contributed by atoms with Gasteiger partial charge in [-0.15, -0.1) is 0 Å². The van der Waals surface area contributed by atoms with Gasteiger partial charge in [0.1, 0.15) is 0 Å². The molecule has 1 N–H and O–H groups in total. The molecule has 0 saturated carbocycles. The van der Waals surface area contributed by atoms with Gasteiger partial charge in [0.15, 0.2) is 11.5 Å². The second-order valence-electron chi connectivity index (χ2n) is 3.10. The first-order valence-electron chi connectivity index (χ1n) is 4.30. The first-order chi connectivity index (χ1) is 6.68. The molecule has 2 heterocycles. The maximum absolute atomic E-state index is 11.5. The summed E-state index contributed by atoms with van der Waals surface area (Å²) in [6.45, 7) is 3.66. The van der Waals surface area contributed by atoms with E-state index in [4.69, 9.17) is 4.42 Å². The number of hydrogen-bond donors (Lipinski definition) is 1. The Hall–Kier alpha value is -1.84. The van der Waals surface area contributed by atoms with Crippen LogP contribution in [0.1, 0.15) is 11.4 Å². The molecular formula is C10H10N2O2. The third kappa shape index (κ3) is 1.35. The van der Waals surface area contributed by atoms with Gasteiger partial charge < -0.3 is 9.40 Å². The van der Waals surface area contributed by atoms with Crippen LogP contribution in [0.25, 0.3) is 11.5 Å². The number of nitrogens with one attached hydrogen (secondary N) is 1. The van der Waals surface area contributed by atoms with Gasteiger partial charge >= 0.3 is 0 Å². The first-order valence-corrected chi connectivity index (χ1v) is 4.30. The van der Waals surface area contributed by atoms with Crippen LogP contribution in [0.2, 0.25) is 0 Å². The fourth-order valence-corrected chi connectivity index (χ4v) is 1.20. The number of aromatic nitrogens is 2. The standard InChI is InChI=1S/C10H10N2O2/c1-6-7(2)12-10(13)9(11-6)8-4-3-5-14-8/h3-5H,1-2H3,(H,12,13). The highest BCUT2D eigenvalue weighted by Gasteiger charge is 2.09. The molecule has 0 spiro atoms. The molecule has 4 heteroatoms. The number of rotatable bonds is 1. The van der Waals surface area contributed by atoms with E-state index < -0.39 is 0 Å². The molecule has 0 fully saturated rings. The molecule has 0 unspecified atom stereocenters. The molecule has 0 atom stereocenters. The summed E-state index contributed by atoms with van der Waals surface area (Å²) in [5, 5.41) is 0. The predicted molar refractivity (Wildman–Crippen MR) is 52.0 cm³/mol. The van der Waals surface area contributed by atoms with E-state index in [1.165, 1.54) is 6.26 Å². The Morgan fingerprint density at radius 3 is 2.86 bits per heavy atom. The molecule has 0 bridgehead atoms. The van der Waals surface area contributed by atoms with E-state index in [1.54, 1.807) is 12.1 Å². The van der Waals surface area contributed by atoms with Crippen molar-refractivity contribution in [3.8, 4) is 11.5 Å². The quantitative estimate of drug-likeness (QED) is 0.743. The van der Waals surface area contributed by atoms with Crippen molar-refractivity contribution < 1.29 is 4.42 Å². The lowest BCUT2D eigenvalue weighted by atomic mass is 10.3. The normalized spacial score (nSPS) is 10.4. The van der Waals surface area contributed by atoms with Gasteiger partial charge in [0.05, 0.1) is 12.0 Å². The van der Waals surface area contributed by atoms with Crippen LogP contribution >= 0.6 is 0 Å². The van der Waals surface area contributed by atoms with Crippen LogP contribution in [-0.4, -0.2) is 9.97 Å². The summed E-state index contributed by atoms with van der Waals surface area (Å²) in [5.41, 5.74) is 1.70. The summed E-state index contributed by atoms with van der Waals surface area (Å²) in [6.07, 6.45) is 1.52. The van der Waals surface area contributed by atoms with Crippen LogP contribution < -0.4 is 5.56 Å². The summed E-state index contributed by atoms with van der Waals surface area (Å²) in [5.74, 6) is 0.495. The highest BCUT2D eigenvalue weighted by molar-refractivity contribution is 5.50. The molecule has 0 aliphatic carbocycles. The third-order valence-electron chi connectivity index (χ3n) is 2.09. The molecule has 0 aromatic carbocycles. The number of hydrogen-bond acceptors (Lipinski definition) is 3. The number of aromatic amines is 1. The molecule has 0 saturated heterocycles. The summed E-state index contributed by atoms with van der Waals surface area (Å²) in [4.78, 5) is 18.4. The van der Waals surface area contributed by atoms with E-state index in [0.717, 1.165) is 11.4 Å². The Morgan fingerprint density at radius 2 is 2.21 bits per heavy atom. The topological polar surface area (TPSA) is 58.9 Å². The minimum atomic E-state index is -0.219. The van der Waals surface area contributed by atoms with Gasteiger partial charge in [0.25, 0.3) is 5.56 Å². The molecule has 14 heavy (non-hydrogen) atoms. The Balaban J connectivity index is 2.66. The Morgan fingerprint density at radius 1 is 1.43 bits per heavy atom. The van der Waals surface area contributed by atoms with Crippen molar-refractivity contribution in [2.45, 2.75) is 13.8 Å². The summed E-state index contributed by atoms with van der Waals surface area (Å²) < 4.78 is 5.11. The largest absolute Gasteiger partial charge is 0.463 e. The van der Waals surface area contributed by atoms with Crippen molar-refractivity contribution in [1.82, 2.24) is 9.97 Å². The Bertz CT molecular complexity index is 497. The van der Waals surface area contributed by atoms with E-state index in [1.807, 2.05) is 13.8 Å². The average Bonchev–Trinajstić information content (AvgIpc) is 2.64. The van der Waals surface area contributed by atoms with Gasteiger partial charge in [-0.2, -0.15) is 0 Å². The number of H-pyrrole nitrogens is 1. The highest BCUT2D eigenvalue weighted by Crippen LogP contribution is 2.13. The van der Waals surface area contributed by atoms with Crippen LogP contribution in [0, 0.1) is 13.8 Å². The predicted octanol–water partition coefficient (Wildman–Crippen LogP) is 1.65. The van der Waals surface area contributed by atoms with Crippen LogP contribution in [0.3, 0.4) is 0 Å². The SMILES string of the molecule is Cc1nc(-c2ccco2)c(=O)[nH]c1C. The molecule has 0 radical (unpaired) electrons. The van der Waals surface area contributed by atoms with Crippen molar-refractivity contribution in [3.63, 3.8) is 0 Å². The highest BCUT2D eigenvalue weighted by atomic mass is 16.3. The van der Waals surface area contributed by atoms with Crippen LogP contribution in [-0.2, 0) is 0 Å². The van der Waals surface area contributed by atoms with Gasteiger partial charge in [0.2, 0.25) is 0 Å². The number of furan rings is 1. The van der Waals surface area contributed by atoms with E-state index in [0.29, 0.717) is 11.5 Å². The van der Waals surface area contributed by atoms with Gasteiger partial charge in [-0.05, 0) is 26.0 Å². The van der Waals surface area contributed by atoms with E-state index in [-0.39, 0.29) is 5.56 Å². The van der Waals surface area contributed by atoms with Crippen molar-refractivity contribution in [2.75, 3.05) is 0 Å². The molecule has 0 aliphatic rings. The molecule has 4 nitrogen and oxygen atoms in total. The van der Waals surface area contributed by atoms with E-state index >= 15 is 0 Å². The lowest BCUT2D eigenvalue weighted by molar-refractivity contribution is 0.578. The molecule has 0 aliphatic heterocycles. The maximum atomic E-state index is 11.5. The summed E-state index contributed by atoms with van der Waals surface area (Å²) >= 11 is 0. The smallest absolute Gasteiger partial charge is 0.277 e. The van der Waals surface area contributed by atoms with Crippen molar-refractivity contribution in [1.29, 1.82) is 0 Å². The number of nitrogens with zero attached hydrogens (tertiary/aromatic N) is 1. The fraction of sp³-hybridized carbons (Fsp3) is 0.200. The average molecular weight is 190 g/mol. The van der Waals surface area contributed by atoms with E-state index in [9.17, 15) is 4.79 Å². The molecule has 72 valence electrons. The van der Waals surface area contributed by atoms with Crippen molar-refractivity contribution in [3.05, 3.63) is 40.1 Å². The zero-order chi connectivity index (χ0) is 10.1. The minimum absolute atomic E-state index is 0.219. The monoisotopic (exact) mass is 190 g/mol. The second kappa shape index (κ2) is 3.14. The van der Waals surface area contributed by atoms with Crippen LogP contribution in [0.4, 0.5) is 0 Å². The Kier molecular flexibility index (Phi) is 1.96. The second-order valence-corrected chi connectivity index (χ2v) is 3.10. The third-order valence-corrected chi connectivity index (χ3v) is 2.09. The lowest BCUT2D eigenvalue weighted by Gasteiger charge is -2.00. The minimum Gasteiger partial charge on any atom is -0.463 e. The lowest BCUT2D eigenvalue weighted by Crippen LogP contribution is -2.13. The summed E-state index contributed by atoms with van der Waals surface area (Å²) in [7, 11) is 0. The molecular weight excluding hydrogens is 180 g/mol. The molecule has 2 aromatic rings.